The number of amides is 4. The molecule has 52 heavy (non-hydrogen) atoms. The number of carbonyl (C=O) groups excluding carboxylic acids is 3. The molecule has 1 aromatic carbocycles. The number of hydrogen-bond acceptors (Lipinski definition) is 9. The second-order valence-corrected chi connectivity index (χ2v) is 17.8. The summed E-state index contributed by atoms with van der Waals surface area (Å²) in [5.74, 6) is -2.84. The van der Waals surface area contributed by atoms with Gasteiger partial charge in [-0.3, -0.25) is 23.9 Å². The standard InChI is InChI=1S/C36H48N6O9S/c1-20(2)42-31(44)26-13-9-8-12-25(26)30(39-42)51-24-17-27-29(43)38-36(33(46)40-52(49,50)35(5)14-15-35)18-23(36)11-7-6-10-21(3)16-22(4)28(37-34(47)48)32(45)41(27)19-24/h7-9,11-13,20-24,27-28,37H,6,10,14-19H2,1-5H3,(H,38,43)(H,40,46)(H,47,48)/t21-,22+,23+,24+,27-,28-,36+/m0/s1. The Labute approximate surface area is 302 Å². The summed E-state index contributed by atoms with van der Waals surface area (Å²) in [6.07, 6.45) is 4.38. The van der Waals surface area contributed by atoms with Crippen molar-refractivity contribution in [3.8, 4) is 5.88 Å². The number of carbonyl (C=O) groups is 4. The molecule has 2 aromatic rings. The maximum atomic E-state index is 14.4. The number of nitrogens with zero attached hydrogens (tertiary/aromatic N) is 3. The van der Waals surface area contributed by atoms with Crippen LogP contribution in [0.15, 0.2) is 41.2 Å². The van der Waals surface area contributed by atoms with E-state index in [0.29, 0.717) is 36.5 Å². The second-order valence-electron chi connectivity index (χ2n) is 15.6. The van der Waals surface area contributed by atoms with Gasteiger partial charge in [-0.25, -0.2) is 17.9 Å². The summed E-state index contributed by atoms with van der Waals surface area (Å²) < 4.78 is 35.1. The van der Waals surface area contributed by atoms with Gasteiger partial charge in [0.25, 0.3) is 11.5 Å². The summed E-state index contributed by atoms with van der Waals surface area (Å²) in [6, 6.07) is 4.14. The van der Waals surface area contributed by atoms with E-state index in [1.165, 1.54) is 9.58 Å². The molecule has 0 unspecified atom stereocenters. The van der Waals surface area contributed by atoms with Gasteiger partial charge in [-0.05, 0) is 83.3 Å². The van der Waals surface area contributed by atoms with E-state index in [0.717, 1.165) is 6.42 Å². The minimum absolute atomic E-state index is 0.0481. The summed E-state index contributed by atoms with van der Waals surface area (Å²) in [7, 11) is -4.02. The van der Waals surface area contributed by atoms with E-state index in [-0.39, 0.29) is 42.8 Å². The number of rotatable bonds is 7. The van der Waals surface area contributed by atoms with Crippen LogP contribution < -0.4 is 25.7 Å². The average molecular weight is 741 g/mol. The number of carboxylic acid groups (broad SMARTS) is 1. The Balaban J connectivity index is 1.37. The van der Waals surface area contributed by atoms with Crippen LogP contribution in [-0.4, -0.2) is 87.0 Å². The first-order valence-corrected chi connectivity index (χ1v) is 19.5. The fourth-order valence-electron chi connectivity index (χ4n) is 7.50. The first kappa shape index (κ1) is 37.3. The van der Waals surface area contributed by atoms with Gasteiger partial charge in [0.15, 0.2) is 0 Å². The minimum Gasteiger partial charge on any atom is -0.471 e. The number of aromatic nitrogens is 2. The monoisotopic (exact) mass is 740 g/mol. The van der Waals surface area contributed by atoms with Crippen LogP contribution in [0, 0.1) is 17.8 Å². The molecule has 282 valence electrons. The summed E-state index contributed by atoms with van der Waals surface area (Å²) in [6.45, 7) is 8.87. The molecule has 3 heterocycles. The van der Waals surface area contributed by atoms with Crippen LogP contribution in [0.2, 0.25) is 0 Å². The van der Waals surface area contributed by atoms with Crippen LogP contribution in [0.3, 0.4) is 0 Å². The van der Waals surface area contributed by atoms with Crippen molar-refractivity contribution in [2.24, 2.45) is 17.8 Å². The van der Waals surface area contributed by atoms with E-state index in [9.17, 15) is 37.5 Å². The number of sulfonamides is 1. The Kier molecular flexibility index (Phi) is 9.91. The second kappa shape index (κ2) is 13.8. The Morgan fingerprint density at radius 1 is 1.10 bits per heavy atom. The first-order valence-electron chi connectivity index (χ1n) is 18.0. The van der Waals surface area contributed by atoms with Crippen LogP contribution in [0.4, 0.5) is 4.79 Å². The summed E-state index contributed by atoms with van der Waals surface area (Å²) in [5.41, 5.74) is -1.87. The van der Waals surface area contributed by atoms with Gasteiger partial charge in [-0.2, -0.15) is 0 Å². The highest BCUT2D eigenvalue weighted by Gasteiger charge is 2.63. The van der Waals surface area contributed by atoms with E-state index in [1.807, 2.05) is 32.9 Å². The smallest absolute Gasteiger partial charge is 0.405 e. The third-order valence-electron chi connectivity index (χ3n) is 11.1. The highest BCUT2D eigenvalue weighted by atomic mass is 32.2. The van der Waals surface area contributed by atoms with E-state index in [1.54, 1.807) is 38.1 Å². The lowest BCUT2D eigenvalue weighted by Gasteiger charge is -2.32. The van der Waals surface area contributed by atoms with Gasteiger partial charge in [0.05, 0.1) is 28.1 Å². The maximum Gasteiger partial charge on any atom is 0.405 e. The number of fused-ring (bicyclic) bond motifs is 3. The molecular weight excluding hydrogens is 692 g/mol. The quantitative estimate of drug-likeness (QED) is 0.306. The molecule has 16 heteroatoms. The zero-order chi connectivity index (χ0) is 37.7. The number of benzene rings is 1. The minimum atomic E-state index is -4.02. The molecule has 0 radical (unpaired) electrons. The van der Waals surface area contributed by atoms with Crippen molar-refractivity contribution in [1.29, 1.82) is 0 Å². The van der Waals surface area contributed by atoms with Crippen LogP contribution in [0.1, 0.15) is 85.6 Å². The van der Waals surface area contributed by atoms with Crippen molar-refractivity contribution in [3.63, 3.8) is 0 Å². The molecule has 4 aliphatic rings. The SMILES string of the molecule is CC(C)n1nc(O[C@@H]2C[C@H]3C(=O)N[C@]4(C(=O)NS(=O)(=O)C5(C)CC5)C[C@H]4C=CCC[C@H](C)C[C@@H](C)[C@H](NC(=O)O)C(=O)N3C2)c2ccccc2c1=O. The van der Waals surface area contributed by atoms with Crippen LogP contribution in [0.5, 0.6) is 5.88 Å². The molecule has 0 bridgehead atoms. The number of allylic oxidation sites excluding steroid dienone is 1. The fourth-order valence-corrected chi connectivity index (χ4v) is 8.81. The molecule has 7 atom stereocenters. The predicted octanol–water partition coefficient (Wildman–Crippen LogP) is 2.85. The molecule has 2 aliphatic carbocycles. The molecule has 4 N–H and O–H groups in total. The van der Waals surface area contributed by atoms with Crippen molar-refractivity contribution < 1.29 is 37.4 Å². The van der Waals surface area contributed by atoms with E-state index >= 15 is 0 Å². The van der Waals surface area contributed by atoms with Crippen molar-refractivity contribution in [3.05, 3.63) is 46.8 Å². The Hall–Kier alpha value is -4.47. The van der Waals surface area contributed by atoms with Crippen LogP contribution >= 0.6 is 0 Å². The molecule has 3 fully saturated rings. The molecule has 1 saturated heterocycles. The Bertz CT molecular complexity index is 1980. The van der Waals surface area contributed by atoms with Crippen molar-refractivity contribution in [2.45, 2.75) is 114 Å². The number of hydrogen-bond donors (Lipinski definition) is 4. The van der Waals surface area contributed by atoms with Crippen LogP contribution in [0.25, 0.3) is 10.8 Å². The Morgan fingerprint density at radius 3 is 2.44 bits per heavy atom. The molecule has 6 rings (SSSR count). The van der Waals surface area contributed by atoms with Gasteiger partial charge in [0.1, 0.15) is 23.7 Å². The van der Waals surface area contributed by atoms with E-state index in [4.69, 9.17) is 4.74 Å². The van der Waals surface area contributed by atoms with Gasteiger partial charge in [-0.1, -0.05) is 38.1 Å². The molecular formula is C36H48N6O9S. The van der Waals surface area contributed by atoms with Crippen LogP contribution in [-0.2, 0) is 24.4 Å². The zero-order valence-corrected chi connectivity index (χ0v) is 30.9. The van der Waals surface area contributed by atoms with Crippen molar-refractivity contribution >= 4 is 44.6 Å². The van der Waals surface area contributed by atoms with Crippen molar-refractivity contribution in [2.75, 3.05) is 6.54 Å². The van der Waals surface area contributed by atoms with Gasteiger partial charge in [0.2, 0.25) is 27.7 Å². The number of nitrogens with one attached hydrogen (secondary N) is 3. The Morgan fingerprint density at radius 2 is 1.79 bits per heavy atom. The lowest BCUT2D eigenvalue weighted by Crippen LogP contribution is -2.59. The normalized spacial score (nSPS) is 30.4. The molecule has 15 nitrogen and oxygen atoms in total. The molecule has 2 aliphatic heterocycles. The molecule has 0 spiro atoms. The largest absolute Gasteiger partial charge is 0.471 e. The lowest BCUT2D eigenvalue weighted by molar-refractivity contribution is -0.142. The maximum absolute atomic E-state index is 14.4. The third kappa shape index (κ3) is 7.13. The fraction of sp³-hybridized carbons (Fsp3) is 0.611. The average Bonchev–Trinajstić information content (AvgIpc) is 3.96. The van der Waals surface area contributed by atoms with E-state index in [2.05, 4.69) is 20.5 Å². The van der Waals surface area contributed by atoms with E-state index < -0.39 is 74.1 Å². The van der Waals surface area contributed by atoms with Gasteiger partial charge in [0, 0.05) is 12.3 Å². The molecule has 2 saturated carbocycles. The topological polar surface area (TPSA) is 206 Å². The first-order chi connectivity index (χ1) is 24.5. The zero-order valence-electron chi connectivity index (χ0n) is 30.1. The summed E-state index contributed by atoms with van der Waals surface area (Å²) in [5, 5.41) is 20.3. The van der Waals surface area contributed by atoms with Gasteiger partial charge < -0.3 is 25.4 Å². The molecule has 4 amide bonds. The summed E-state index contributed by atoms with van der Waals surface area (Å²) >= 11 is 0. The van der Waals surface area contributed by atoms with Gasteiger partial charge in [-0.15, -0.1) is 5.10 Å². The third-order valence-corrected chi connectivity index (χ3v) is 13.2. The molecule has 1 aromatic heterocycles. The number of ether oxygens (including phenoxy) is 1. The summed E-state index contributed by atoms with van der Waals surface area (Å²) in [4.78, 5) is 69.0. The predicted molar refractivity (Wildman–Crippen MR) is 191 cm³/mol. The highest BCUT2D eigenvalue weighted by Crippen LogP contribution is 2.47. The van der Waals surface area contributed by atoms with Gasteiger partial charge >= 0.3 is 6.09 Å². The van der Waals surface area contributed by atoms with Crippen molar-refractivity contribution in [1.82, 2.24) is 30.0 Å². The highest BCUT2D eigenvalue weighted by molar-refractivity contribution is 7.91. The lowest BCUT2D eigenvalue weighted by atomic mass is 9.88.